The van der Waals surface area contributed by atoms with E-state index in [0.717, 1.165) is 4.88 Å². The number of thiophene rings is 1. The van der Waals surface area contributed by atoms with Gasteiger partial charge in [0.05, 0.1) is 12.3 Å². The number of carbonyl (C=O) groups excluding carboxylic acids is 1. The third-order valence-corrected chi connectivity index (χ3v) is 5.00. The molecular weight excluding hydrogens is 355 g/mol. The van der Waals surface area contributed by atoms with Crippen LogP contribution in [0.15, 0.2) is 69.7 Å². The van der Waals surface area contributed by atoms with Crippen LogP contribution in [0.4, 0.5) is 4.39 Å². The Hall–Kier alpha value is -2.93. The molecule has 0 aliphatic carbocycles. The Morgan fingerprint density at radius 1 is 1.27 bits per heavy atom. The summed E-state index contributed by atoms with van der Waals surface area (Å²) in [7, 11) is 0. The molecule has 0 N–H and O–H groups in total. The fourth-order valence-corrected chi connectivity index (χ4v) is 3.61. The number of ether oxygens (including phenoxy) is 1. The van der Waals surface area contributed by atoms with Crippen molar-refractivity contribution in [2.75, 3.05) is 6.61 Å². The summed E-state index contributed by atoms with van der Waals surface area (Å²) in [6.07, 6.45) is 2.13. The van der Waals surface area contributed by atoms with Gasteiger partial charge >= 0.3 is 0 Å². The molecule has 5 nitrogen and oxygen atoms in total. The molecule has 0 spiro atoms. The van der Waals surface area contributed by atoms with Crippen molar-refractivity contribution in [1.82, 2.24) is 5.01 Å². The minimum Gasteiger partial charge on any atom is -0.481 e. The summed E-state index contributed by atoms with van der Waals surface area (Å²) < 4.78 is 24.4. The Morgan fingerprint density at radius 2 is 2.15 bits per heavy atom. The summed E-state index contributed by atoms with van der Waals surface area (Å²) in [5.41, 5.74) is 0.702. The van der Waals surface area contributed by atoms with Gasteiger partial charge in [0.2, 0.25) is 0 Å². The van der Waals surface area contributed by atoms with Crippen LogP contribution in [0.3, 0.4) is 0 Å². The van der Waals surface area contributed by atoms with E-state index in [1.165, 1.54) is 17.1 Å². The number of nitrogens with zero attached hydrogens (tertiary/aromatic N) is 2. The molecule has 3 aromatic rings. The van der Waals surface area contributed by atoms with Gasteiger partial charge in [-0.2, -0.15) is 5.10 Å². The SMILES string of the molecule is O=C(COc1ccccc1F)N1N=C(c2ccco2)CC1c1cccs1. The maximum atomic E-state index is 13.7. The van der Waals surface area contributed by atoms with Crippen LogP contribution in [0.2, 0.25) is 0 Å². The summed E-state index contributed by atoms with van der Waals surface area (Å²) in [5.74, 6) is -0.163. The van der Waals surface area contributed by atoms with Crippen molar-refractivity contribution in [2.24, 2.45) is 5.10 Å². The Balaban J connectivity index is 1.54. The molecule has 1 atom stereocenters. The van der Waals surface area contributed by atoms with Crippen LogP contribution >= 0.6 is 11.3 Å². The fourth-order valence-electron chi connectivity index (χ4n) is 2.80. The minimum absolute atomic E-state index is 0.0444. The van der Waals surface area contributed by atoms with Gasteiger partial charge < -0.3 is 9.15 Å². The number of hydrazone groups is 1. The Bertz CT molecular complexity index is 922. The molecule has 1 aliphatic heterocycles. The topological polar surface area (TPSA) is 55.0 Å². The number of benzene rings is 1. The molecule has 0 bridgehead atoms. The van der Waals surface area contributed by atoms with Gasteiger partial charge in [-0.1, -0.05) is 18.2 Å². The lowest BCUT2D eigenvalue weighted by molar-refractivity contribution is -0.135. The Morgan fingerprint density at radius 3 is 2.88 bits per heavy atom. The highest BCUT2D eigenvalue weighted by Gasteiger charge is 2.34. The van der Waals surface area contributed by atoms with Crippen molar-refractivity contribution in [3.05, 3.63) is 76.6 Å². The normalized spacial score (nSPS) is 16.6. The lowest BCUT2D eigenvalue weighted by Crippen LogP contribution is -2.31. The van der Waals surface area contributed by atoms with E-state index in [-0.39, 0.29) is 24.3 Å². The molecule has 3 heterocycles. The fraction of sp³-hybridized carbons (Fsp3) is 0.158. The minimum atomic E-state index is -0.503. The molecule has 132 valence electrons. The summed E-state index contributed by atoms with van der Waals surface area (Å²) >= 11 is 1.56. The second kappa shape index (κ2) is 7.13. The molecule has 4 rings (SSSR count). The first-order valence-corrected chi connectivity index (χ1v) is 8.94. The highest BCUT2D eigenvalue weighted by molar-refractivity contribution is 7.10. The average Bonchev–Trinajstić information content (AvgIpc) is 3.41. The molecule has 7 heteroatoms. The molecule has 2 aromatic heterocycles. The van der Waals surface area contributed by atoms with Gasteiger partial charge in [0.1, 0.15) is 11.5 Å². The monoisotopic (exact) mass is 370 g/mol. The number of furan rings is 1. The van der Waals surface area contributed by atoms with E-state index < -0.39 is 5.82 Å². The Kier molecular flexibility index (Phi) is 4.53. The van der Waals surface area contributed by atoms with Crippen molar-refractivity contribution in [2.45, 2.75) is 12.5 Å². The lowest BCUT2D eigenvalue weighted by atomic mass is 10.1. The van der Waals surface area contributed by atoms with E-state index in [4.69, 9.17) is 9.15 Å². The molecule has 0 fully saturated rings. The molecule has 0 saturated carbocycles. The van der Waals surface area contributed by atoms with E-state index in [2.05, 4.69) is 5.10 Å². The van der Waals surface area contributed by atoms with Gasteiger partial charge in [0, 0.05) is 11.3 Å². The smallest absolute Gasteiger partial charge is 0.281 e. The predicted octanol–water partition coefficient (Wildman–Crippen LogP) is 4.24. The van der Waals surface area contributed by atoms with Crippen molar-refractivity contribution in [3.8, 4) is 5.75 Å². The third-order valence-electron chi connectivity index (χ3n) is 4.03. The molecular formula is C19H15FN2O3S. The summed E-state index contributed by atoms with van der Waals surface area (Å²) in [6, 6.07) is 13.3. The van der Waals surface area contributed by atoms with Gasteiger partial charge in [-0.05, 0) is 35.7 Å². The number of carbonyl (C=O) groups is 1. The zero-order valence-electron chi connectivity index (χ0n) is 13.7. The van der Waals surface area contributed by atoms with Gasteiger partial charge in [-0.3, -0.25) is 4.79 Å². The van der Waals surface area contributed by atoms with Crippen molar-refractivity contribution in [3.63, 3.8) is 0 Å². The largest absolute Gasteiger partial charge is 0.481 e. The number of halogens is 1. The summed E-state index contributed by atoms with van der Waals surface area (Å²) in [6.45, 7) is -0.294. The highest BCUT2D eigenvalue weighted by atomic mass is 32.1. The zero-order valence-corrected chi connectivity index (χ0v) is 14.5. The second-order valence-electron chi connectivity index (χ2n) is 5.72. The number of amides is 1. The highest BCUT2D eigenvalue weighted by Crippen LogP contribution is 2.35. The van der Waals surface area contributed by atoms with Crippen molar-refractivity contribution in [1.29, 1.82) is 0 Å². The van der Waals surface area contributed by atoms with Crippen LogP contribution in [0, 0.1) is 5.82 Å². The van der Waals surface area contributed by atoms with Crippen molar-refractivity contribution >= 4 is 23.0 Å². The van der Waals surface area contributed by atoms with Crippen LogP contribution in [-0.4, -0.2) is 23.2 Å². The van der Waals surface area contributed by atoms with Crippen LogP contribution < -0.4 is 4.74 Å². The maximum Gasteiger partial charge on any atom is 0.281 e. The molecule has 0 saturated heterocycles. The molecule has 1 aromatic carbocycles. The molecule has 1 aliphatic rings. The number of hydrogen-bond donors (Lipinski definition) is 0. The first-order valence-electron chi connectivity index (χ1n) is 8.06. The van der Waals surface area contributed by atoms with Crippen LogP contribution in [0.25, 0.3) is 0 Å². The van der Waals surface area contributed by atoms with E-state index in [9.17, 15) is 9.18 Å². The standard InChI is InChI=1S/C19H15FN2O3S/c20-13-5-1-2-6-16(13)25-12-19(23)22-15(18-8-4-10-26-18)11-14(21-22)17-7-3-9-24-17/h1-10,15H,11-12H2. The quantitative estimate of drug-likeness (QED) is 0.675. The molecule has 0 radical (unpaired) electrons. The molecule has 1 amide bonds. The van der Waals surface area contributed by atoms with Gasteiger partial charge in [-0.25, -0.2) is 9.40 Å². The number of para-hydroxylation sites is 1. The Labute approximate surface area is 153 Å². The molecule has 1 unspecified atom stereocenters. The van der Waals surface area contributed by atoms with E-state index in [1.54, 1.807) is 35.8 Å². The molecule has 26 heavy (non-hydrogen) atoms. The van der Waals surface area contributed by atoms with Gasteiger partial charge in [-0.15, -0.1) is 11.3 Å². The van der Waals surface area contributed by atoms with E-state index >= 15 is 0 Å². The number of hydrogen-bond acceptors (Lipinski definition) is 5. The van der Waals surface area contributed by atoms with Crippen molar-refractivity contribution < 1.29 is 18.3 Å². The first kappa shape index (κ1) is 16.5. The first-order chi connectivity index (χ1) is 12.7. The van der Waals surface area contributed by atoms with E-state index in [0.29, 0.717) is 17.9 Å². The van der Waals surface area contributed by atoms with Crippen LogP contribution in [-0.2, 0) is 4.79 Å². The maximum absolute atomic E-state index is 13.7. The van der Waals surface area contributed by atoms with Crippen LogP contribution in [0.5, 0.6) is 5.75 Å². The third kappa shape index (κ3) is 3.25. The van der Waals surface area contributed by atoms with Crippen LogP contribution in [0.1, 0.15) is 23.1 Å². The summed E-state index contributed by atoms with van der Waals surface area (Å²) in [5, 5.41) is 7.81. The lowest BCUT2D eigenvalue weighted by Gasteiger charge is -2.20. The predicted molar refractivity (Wildman–Crippen MR) is 95.7 cm³/mol. The zero-order chi connectivity index (χ0) is 17.9. The second-order valence-corrected chi connectivity index (χ2v) is 6.70. The van der Waals surface area contributed by atoms with Gasteiger partial charge in [0.15, 0.2) is 18.2 Å². The van der Waals surface area contributed by atoms with Gasteiger partial charge in [0.25, 0.3) is 5.91 Å². The average molecular weight is 370 g/mol. The van der Waals surface area contributed by atoms with E-state index in [1.807, 2.05) is 23.6 Å². The summed E-state index contributed by atoms with van der Waals surface area (Å²) in [4.78, 5) is 13.7. The number of rotatable bonds is 5.